The van der Waals surface area contributed by atoms with E-state index in [2.05, 4.69) is 12.1 Å². The summed E-state index contributed by atoms with van der Waals surface area (Å²) in [4.78, 5) is 0. The van der Waals surface area contributed by atoms with Crippen LogP contribution in [-0.4, -0.2) is 40.2 Å². The highest BCUT2D eigenvalue weighted by Crippen LogP contribution is 2.64. The predicted octanol–water partition coefficient (Wildman–Crippen LogP) is 2.33. The zero-order chi connectivity index (χ0) is 14.8. The van der Waals surface area contributed by atoms with Crippen LogP contribution in [-0.2, 0) is 14.3 Å². The maximum Gasteiger partial charge on any atom is 0.371 e. The fourth-order valence-corrected chi connectivity index (χ4v) is 7.54. The first-order valence-electron chi connectivity index (χ1n) is 6.91. The lowest BCUT2D eigenvalue weighted by Crippen LogP contribution is -2.25. The molecule has 108 valence electrons. The third-order valence-corrected chi connectivity index (χ3v) is 8.66. The molecule has 0 saturated carbocycles. The minimum absolute atomic E-state index is 0.306. The summed E-state index contributed by atoms with van der Waals surface area (Å²) >= 11 is 0. The average Bonchev–Trinajstić information content (AvgIpc) is 2.71. The van der Waals surface area contributed by atoms with E-state index in [1.165, 1.54) is 5.30 Å². The third-order valence-electron chi connectivity index (χ3n) is 3.90. The summed E-state index contributed by atoms with van der Waals surface area (Å²) in [6, 6.07) is 10.3. The molecule has 1 heterocycles. The summed E-state index contributed by atoms with van der Waals surface area (Å²) in [5.74, 6) is 0. The number of rotatable bonds is 5. The quantitative estimate of drug-likeness (QED) is 0.476. The second kappa shape index (κ2) is 6.17. The van der Waals surface area contributed by atoms with Crippen molar-refractivity contribution in [2.45, 2.75) is 37.9 Å². The van der Waals surface area contributed by atoms with Gasteiger partial charge in [-0.1, -0.05) is 18.2 Å². The van der Waals surface area contributed by atoms with E-state index >= 15 is 0 Å². The van der Waals surface area contributed by atoms with Crippen LogP contribution in [0.4, 0.5) is 0 Å². The second-order valence-electron chi connectivity index (χ2n) is 5.63. The van der Waals surface area contributed by atoms with E-state index in [0.717, 1.165) is 25.3 Å². The zero-order valence-electron chi connectivity index (χ0n) is 12.0. The van der Waals surface area contributed by atoms with E-state index in [4.69, 9.17) is 11.7 Å². The topological polar surface area (TPSA) is 43.4 Å². The highest BCUT2D eigenvalue weighted by molar-refractivity contribution is 8.03. The van der Waals surface area contributed by atoms with Crippen molar-refractivity contribution in [2.75, 3.05) is 12.4 Å². The fraction of sp³-hybridized carbons (Fsp3) is 0.571. The van der Waals surface area contributed by atoms with Crippen LogP contribution >= 0.6 is 7.14 Å². The molecular weight excluding hydrogens is 290 g/mol. The van der Waals surface area contributed by atoms with Gasteiger partial charge in [0.15, 0.2) is 0 Å². The maximum atomic E-state index is 11.2. The van der Waals surface area contributed by atoms with E-state index in [0.29, 0.717) is 12.1 Å². The van der Waals surface area contributed by atoms with E-state index in [1.807, 2.05) is 25.1 Å². The van der Waals surface area contributed by atoms with E-state index in [9.17, 15) is 8.42 Å². The summed E-state index contributed by atoms with van der Waals surface area (Å²) in [5.41, 5.74) is 0.363. The summed E-state index contributed by atoms with van der Waals surface area (Å²) < 4.78 is 27.5. The van der Waals surface area contributed by atoms with Crippen LogP contribution in [0.25, 0.3) is 0 Å². The first-order valence-corrected chi connectivity index (χ1v) is 10.8. The van der Waals surface area contributed by atoms with Crippen LogP contribution in [0.3, 0.4) is 0 Å². The molecule has 1 unspecified atom stereocenters. The van der Waals surface area contributed by atoms with E-state index < -0.39 is 17.3 Å². The number of hydrogen-bond donors (Lipinski definition) is 0. The molecule has 1 fully saturated rings. The van der Waals surface area contributed by atoms with Gasteiger partial charge < -0.3 is 0 Å². The van der Waals surface area contributed by atoms with Gasteiger partial charge in [0, 0.05) is 12.6 Å². The molecular formula is C14H21BO3PS+. The molecule has 1 aromatic carbocycles. The highest BCUT2D eigenvalue weighted by atomic mass is 32.2. The maximum absolute atomic E-state index is 11.2. The summed E-state index contributed by atoms with van der Waals surface area (Å²) in [6.07, 6.45) is 4.74. The Bertz CT molecular complexity index is 549. The molecule has 0 amide bonds. The standard InChI is InChI=1S/C14H21BO3PS/c1-12(18-20(2,16)17)11-14-9-6-10-19(14,15)13-7-4-3-5-8-13/h3-5,7-8,12,14H,6,9-11H2,1-2H3/q+1/t12-,14-,19?/m1/s1. The SMILES string of the molecule is [B][P+]1(c2ccccc2)CCC[C@@H]1C[C@@H](C)OS(C)(=O)=O. The van der Waals surface area contributed by atoms with Crippen LogP contribution in [0.15, 0.2) is 30.3 Å². The predicted molar refractivity (Wildman–Crippen MR) is 86.6 cm³/mol. The van der Waals surface area contributed by atoms with Gasteiger partial charge in [-0.2, -0.15) is 8.42 Å². The largest absolute Gasteiger partial charge is 0.371 e. The number of hydrogen-bond acceptors (Lipinski definition) is 3. The van der Waals surface area contributed by atoms with Gasteiger partial charge in [-0.15, -0.1) is 0 Å². The second-order valence-corrected chi connectivity index (χ2v) is 10.8. The summed E-state index contributed by atoms with van der Waals surface area (Å²) in [7, 11) is 1.67. The lowest BCUT2D eigenvalue weighted by molar-refractivity contribution is 0.218. The molecule has 2 radical (unpaired) electrons. The van der Waals surface area contributed by atoms with Crippen molar-refractivity contribution < 1.29 is 12.6 Å². The lowest BCUT2D eigenvalue weighted by Gasteiger charge is -2.27. The van der Waals surface area contributed by atoms with Gasteiger partial charge >= 0.3 is 7.57 Å². The van der Waals surface area contributed by atoms with Crippen LogP contribution < -0.4 is 5.30 Å². The van der Waals surface area contributed by atoms with Crippen molar-refractivity contribution >= 4 is 30.1 Å². The Morgan fingerprint density at radius 2 is 2.05 bits per heavy atom. The zero-order valence-corrected chi connectivity index (χ0v) is 13.7. The van der Waals surface area contributed by atoms with Crippen LogP contribution in [0.2, 0.25) is 0 Å². The van der Waals surface area contributed by atoms with Crippen molar-refractivity contribution in [1.29, 1.82) is 0 Å². The van der Waals surface area contributed by atoms with Crippen LogP contribution in [0.1, 0.15) is 26.2 Å². The molecule has 1 saturated heterocycles. The molecule has 0 bridgehead atoms. The molecule has 1 aromatic rings. The molecule has 1 aliphatic rings. The first kappa shape index (κ1) is 16.0. The average molecular weight is 311 g/mol. The molecule has 0 aliphatic carbocycles. The Kier molecular flexibility index (Phi) is 4.94. The normalized spacial score (nSPS) is 28.4. The molecule has 6 heteroatoms. The van der Waals surface area contributed by atoms with Crippen molar-refractivity contribution in [3.8, 4) is 0 Å². The Morgan fingerprint density at radius 3 is 2.65 bits per heavy atom. The Balaban J connectivity index is 2.11. The lowest BCUT2D eigenvalue weighted by atomic mass is 10.1. The number of benzene rings is 1. The molecule has 2 rings (SSSR count). The van der Waals surface area contributed by atoms with Gasteiger partial charge in [0.1, 0.15) is 0 Å². The monoisotopic (exact) mass is 311 g/mol. The molecule has 1 aliphatic heterocycles. The van der Waals surface area contributed by atoms with Crippen molar-refractivity contribution in [2.24, 2.45) is 0 Å². The van der Waals surface area contributed by atoms with Crippen LogP contribution in [0.5, 0.6) is 0 Å². The fourth-order valence-electron chi connectivity index (χ4n) is 3.07. The smallest absolute Gasteiger partial charge is 0.267 e. The van der Waals surface area contributed by atoms with Gasteiger partial charge in [-0.25, -0.2) is 0 Å². The minimum Gasteiger partial charge on any atom is -0.267 e. The Morgan fingerprint density at radius 1 is 1.40 bits per heavy atom. The molecule has 3 atom stereocenters. The van der Waals surface area contributed by atoms with Crippen molar-refractivity contribution in [3.63, 3.8) is 0 Å². The Labute approximate surface area is 123 Å². The van der Waals surface area contributed by atoms with Crippen molar-refractivity contribution in [3.05, 3.63) is 30.3 Å². The molecule has 0 aromatic heterocycles. The summed E-state index contributed by atoms with van der Waals surface area (Å²) in [6.45, 7) is 1.81. The van der Waals surface area contributed by atoms with Crippen LogP contribution in [0, 0.1) is 0 Å². The highest BCUT2D eigenvalue weighted by Gasteiger charge is 2.47. The molecule has 0 spiro atoms. The van der Waals surface area contributed by atoms with Gasteiger partial charge in [0.05, 0.1) is 23.3 Å². The Hall–Kier alpha value is -0.375. The van der Waals surface area contributed by atoms with E-state index in [1.54, 1.807) is 0 Å². The van der Waals surface area contributed by atoms with Gasteiger partial charge in [-0.3, -0.25) is 4.18 Å². The molecule has 3 nitrogen and oxygen atoms in total. The third kappa shape index (κ3) is 3.84. The minimum atomic E-state index is -3.40. The van der Waals surface area contributed by atoms with Gasteiger partial charge in [-0.05, 0) is 39.0 Å². The molecule has 20 heavy (non-hydrogen) atoms. The molecule has 0 N–H and O–H groups in total. The van der Waals surface area contributed by atoms with E-state index in [-0.39, 0.29) is 6.10 Å². The summed E-state index contributed by atoms with van der Waals surface area (Å²) in [5, 5.41) is 1.24. The van der Waals surface area contributed by atoms with Gasteiger partial charge in [0.2, 0.25) is 0 Å². The van der Waals surface area contributed by atoms with Crippen molar-refractivity contribution in [1.82, 2.24) is 0 Å². The first-order chi connectivity index (χ1) is 9.31. The van der Waals surface area contributed by atoms with Gasteiger partial charge in [0.25, 0.3) is 10.1 Å².